The molecule has 0 aliphatic carbocycles. The SMILES string of the molecule is O=C(COc1ccc(Cl)cc1)Nc1ccc(N2CCN(C(=O)/C=C/c3ccccc3)CC2)cc1. The Bertz CT molecular complexity index is 1120. The Hall–Kier alpha value is -3.77. The molecule has 2 amide bonds. The zero-order valence-corrected chi connectivity index (χ0v) is 19.4. The average Bonchev–Trinajstić information content (AvgIpc) is 2.88. The number of carbonyl (C=O) groups is 2. The zero-order valence-electron chi connectivity index (χ0n) is 18.7. The van der Waals surface area contributed by atoms with Crippen molar-refractivity contribution in [3.05, 3.63) is 95.5 Å². The van der Waals surface area contributed by atoms with Crippen molar-refractivity contribution in [3.63, 3.8) is 0 Å². The molecule has 174 valence electrons. The molecule has 0 atom stereocenters. The third kappa shape index (κ3) is 6.62. The smallest absolute Gasteiger partial charge is 0.262 e. The summed E-state index contributed by atoms with van der Waals surface area (Å²) < 4.78 is 5.47. The van der Waals surface area contributed by atoms with Gasteiger partial charge in [-0.2, -0.15) is 0 Å². The molecule has 1 heterocycles. The lowest BCUT2D eigenvalue weighted by molar-refractivity contribution is -0.126. The van der Waals surface area contributed by atoms with Crippen LogP contribution in [0.4, 0.5) is 11.4 Å². The van der Waals surface area contributed by atoms with Crippen molar-refractivity contribution in [2.45, 2.75) is 0 Å². The number of hydrogen-bond donors (Lipinski definition) is 1. The number of nitrogens with one attached hydrogen (secondary N) is 1. The minimum Gasteiger partial charge on any atom is -0.484 e. The first-order valence-corrected chi connectivity index (χ1v) is 11.5. The highest BCUT2D eigenvalue weighted by Crippen LogP contribution is 2.20. The molecule has 6 nitrogen and oxygen atoms in total. The van der Waals surface area contributed by atoms with E-state index in [1.807, 2.05) is 65.6 Å². The van der Waals surface area contributed by atoms with Crippen LogP contribution in [0.1, 0.15) is 5.56 Å². The first kappa shape index (κ1) is 23.4. The van der Waals surface area contributed by atoms with Crippen molar-refractivity contribution in [1.82, 2.24) is 4.90 Å². The Labute approximate surface area is 204 Å². The molecular weight excluding hydrogens is 450 g/mol. The van der Waals surface area contributed by atoms with Gasteiger partial charge in [0.2, 0.25) is 5.91 Å². The Kier molecular flexibility index (Phi) is 7.83. The second kappa shape index (κ2) is 11.4. The standard InChI is InChI=1S/C27H26ClN3O3/c28-22-7-13-25(14-8-22)34-20-26(32)29-23-9-11-24(12-10-23)30-16-18-31(19-17-30)27(33)15-6-21-4-2-1-3-5-21/h1-15H,16-20H2,(H,29,32)/b15-6+. The maximum absolute atomic E-state index is 12.5. The van der Waals surface area contributed by atoms with Gasteiger partial charge >= 0.3 is 0 Å². The van der Waals surface area contributed by atoms with Gasteiger partial charge in [-0.3, -0.25) is 9.59 Å². The quantitative estimate of drug-likeness (QED) is 0.502. The molecule has 7 heteroatoms. The second-order valence-corrected chi connectivity index (χ2v) is 8.33. The molecule has 4 rings (SSSR count). The number of hydrogen-bond acceptors (Lipinski definition) is 4. The topological polar surface area (TPSA) is 61.9 Å². The number of carbonyl (C=O) groups excluding carboxylic acids is 2. The number of nitrogens with zero attached hydrogens (tertiary/aromatic N) is 2. The Morgan fingerprint density at radius 3 is 2.24 bits per heavy atom. The summed E-state index contributed by atoms with van der Waals surface area (Å²) >= 11 is 5.85. The fourth-order valence-corrected chi connectivity index (χ4v) is 3.78. The molecule has 0 radical (unpaired) electrons. The summed E-state index contributed by atoms with van der Waals surface area (Å²) in [6.07, 6.45) is 3.49. The van der Waals surface area contributed by atoms with Gasteiger partial charge in [0, 0.05) is 48.7 Å². The van der Waals surface area contributed by atoms with Crippen LogP contribution in [0.5, 0.6) is 5.75 Å². The molecule has 0 bridgehead atoms. The van der Waals surface area contributed by atoms with Gasteiger partial charge in [-0.05, 0) is 60.2 Å². The molecule has 3 aromatic rings. The van der Waals surface area contributed by atoms with E-state index >= 15 is 0 Å². The van der Waals surface area contributed by atoms with Crippen molar-refractivity contribution in [3.8, 4) is 5.75 Å². The maximum Gasteiger partial charge on any atom is 0.262 e. The van der Waals surface area contributed by atoms with E-state index in [4.69, 9.17) is 16.3 Å². The van der Waals surface area contributed by atoms with Gasteiger partial charge in [0.05, 0.1) is 0 Å². The predicted octanol–water partition coefficient (Wildman–Crippen LogP) is 4.72. The molecule has 0 unspecified atom stereocenters. The highest BCUT2D eigenvalue weighted by Gasteiger charge is 2.20. The molecule has 3 aromatic carbocycles. The highest BCUT2D eigenvalue weighted by molar-refractivity contribution is 6.30. The molecule has 1 saturated heterocycles. The monoisotopic (exact) mass is 475 g/mol. The van der Waals surface area contributed by atoms with Crippen LogP contribution in [0, 0.1) is 0 Å². The van der Waals surface area contributed by atoms with Gasteiger partial charge in [0.15, 0.2) is 6.61 Å². The lowest BCUT2D eigenvalue weighted by atomic mass is 10.2. The normalized spacial score (nSPS) is 13.7. The van der Waals surface area contributed by atoms with Crippen molar-refractivity contribution in [2.75, 3.05) is 43.0 Å². The maximum atomic E-state index is 12.5. The predicted molar refractivity (Wildman–Crippen MR) is 136 cm³/mol. The number of halogens is 1. The molecule has 1 N–H and O–H groups in total. The largest absolute Gasteiger partial charge is 0.484 e. The van der Waals surface area contributed by atoms with Gasteiger partial charge < -0.3 is 19.9 Å². The molecule has 0 aromatic heterocycles. The van der Waals surface area contributed by atoms with Crippen molar-refractivity contribution in [2.24, 2.45) is 0 Å². The van der Waals surface area contributed by atoms with E-state index in [-0.39, 0.29) is 18.4 Å². The molecular formula is C27H26ClN3O3. The van der Waals surface area contributed by atoms with Crippen LogP contribution < -0.4 is 15.0 Å². The summed E-state index contributed by atoms with van der Waals surface area (Å²) in [5.41, 5.74) is 2.77. The van der Waals surface area contributed by atoms with Gasteiger partial charge in [-0.25, -0.2) is 0 Å². The molecule has 0 saturated carbocycles. The van der Waals surface area contributed by atoms with E-state index in [2.05, 4.69) is 10.2 Å². The van der Waals surface area contributed by atoms with E-state index in [1.54, 1.807) is 30.3 Å². The van der Waals surface area contributed by atoms with Crippen LogP contribution >= 0.6 is 11.6 Å². The van der Waals surface area contributed by atoms with Crippen LogP contribution in [0.15, 0.2) is 84.9 Å². The summed E-state index contributed by atoms with van der Waals surface area (Å²) in [6.45, 7) is 2.76. The lowest BCUT2D eigenvalue weighted by Gasteiger charge is -2.35. The number of benzene rings is 3. The van der Waals surface area contributed by atoms with Gasteiger partial charge in [0.25, 0.3) is 5.91 Å². The third-order valence-electron chi connectivity index (χ3n) is 5.51. The zero-order chi connectivity index (χ0) is 23.8. The highest BCUT2D eigenvalue weighted by atomic mass is 35.5. The molecule has 1 fully saturated rings. The summed E-state index contributed by atoms with van der Waals surface area (Å²) in [5.74, 6) is 0.379. The number of rotatable bonds is 7. The van der Waals surface area contributed by atoms with Crippen LogP contribution in [0.3, 0.4) is 0 Å². The first-order chi connectivity index (χ1) is 16.6. The van der Waals surface area contributed by atoms with Crippen LogP contribution in [0.2, 0.25) is 5.02 Å². The summed E-state index contributed by atoms with van der Waals surface area (Å²) in [5, 5.41) is 3.45. The van der Waals surface area contributed by atoms with Gasteiger partial charge in [-0.1, -0.05) is 41.9 Å². The summed E-state index contributed by atoms with van der Waals surface area (Å²) in [7, 11) is 0. The van der Waals surface area contributed by atoms with E-state index in [9.17, 15) is 9.59 Å². The third-order valence-corrected chi connectivity index (χ3v) is 5.76. The Balaban J connectivity index is 1.22. The number of amides is 2. The van der Waals surface area contributed by atoms with Crippen molar-refractivity contribution >= 4 is 40.9 Å². The summed E-state index contributed by atoms with van der Waals surface area (Å²) in [4.78, 5) is 28.8. The lowest BCUT2D eigenvalue weighted by Crippen LogP contribution is -2.48. The Morgan fingerprint density at radius 2 is 1.56 bits per heavy atom. The van der Waals surface area contributed by atoms with E-state index in [0.717, 1.165) is 24.3 Å². The van der Waals surface area contributed by atoms with Crippen LogP contribution in [-0.4, -0.2) is 49.5 Å². The second-order valence-electron chi connectivity index (χ2n) is 7.89. The molecule has 1 aliphatic heterocycles. The number of ether oxygens (including phenoxy) is 1. The van der Waals surface area contributed by atoms with Gasteiger partial charge in [0.1, 0.15) is 5.75 Å². The number of piperazine rings is 1. The number of anilines is 2. The van der Waals surface area contributed by atoms with Gasteiger partial charge in [-0.15, -0.1) is 0 Å². The molecule has 34 heavy (non-hydrogen) atoms. The fraction of sp³-hybridized carbons (Fsp3) is 0.185. The van der Waals surface area contributed by atoms with Crippen molar-refractivity contribution < 1.29 is 14.3 Å². The first-order valence-electron chi connectivity index (χ1n) is 11.1. The minimum atomic E-state index is -0.238. The van der Waals surface area contributed by atoms with Crippen molar-refractivity contribution in [1.29, 1.82) is 0 Å². The molecule has 0 spiro atoms. The fourth-order valence-electron chi connectivity index (χ4n) is 3.65. The van der Waals surface area contributed by atoms with E-state index < -0.39 is 0 Å². The molecule has 1 aliphatic rings. The van der Waals surface area contributed by atoms with Crippen LogP contribution in [0.25, 0.3) is 6.08 Å². The minimum absolute atomic E-state index is 0.0300. The van der Waals surface area contributed by atoms with E-state index in [1.165, 1.54) is 0 Å². The summed E-state index contributed by atoms with van der Waals surface area (Å²) in [6, 6.07) is 24.4. The Morgan fingerprint density at radius 1 is 0.882 bits per heavy atom. The average molecular weight is 476 g/mol. The van der Waals surface area contributed by atoms with Crippen LogP contribution in [-0.2, 0) is 9.59 Å². The van der Waals surface area contributed by atoms with E-state index in [0.29, 0.717) is 29.5 Å².